The van der Waals surface area contributed by atoms with E-state index in [1.54, 1.807) is 0 Å². The largest absolute Gasteiger partial charge is 0.143 e. The second-order valence-electron chi connectivity index (χ2n) is 3.31. The molecule has 0 aromatic heterocycles. The number of benzene rings is 1. The lowest BCUT2D eigenvalue weighted by Gasteiger charge is -2.08. The summed E-state index contributed by atoms with van der Waals surface area (Å²) in [5.74, 6) is 0. The van der Waals surface area contributed by atoms with Gasteiger partial charge in [-0.15, -0.1) is 12.6 Å². The van der Waals surface area contributed by atoms with Gasteiger partial charge in [0.1, 0.15) is 0 Å². The first-order valence-corrected chi connectivity index (χ1v) is 5.02. The van der Waals surface area contributed by atoms with Crippen LogP contribution in [0.4, 0.5) is 0 Å². The van der Waals surface area contributed by atoms with Crippen molar-refractivity contribution in [3.63, 3.8) is 0 Å². The van der Waals surface area contributed by atoms with Gasteiger partial charge in [-0.3, -0.25) is 0 Å². The molecule has 1 aromatic carbocycles. The topological polar surface area (TPSA) is 0 Å². The van der Waals surface area contributed by atoms with Crippen molar-refractivity contribution >= 4 is 24.2 Å². The molecule has 1 aliphatic rings. The molecule has 0 aliphatic heterocycles. The summed E-state index contributed by atoms with van der Waals surface area (Å²) in [6.07, 6.45) is 3.56. The van der Waals surface area contributed by atoms with Crippen LogP contribution in [0.3, 0.4) is 0 Å². The van der Waals surface area contributed by atoms with Crippen molar-refractivity contribution in [2.75, 3.05) is 0 Å². The van der Waals surface area contributed by atoms with E-state index in [4.69, 9.17) is 11.6 Å². The second-order valence-corrected chi connectivity index (χ2v) is 4.20. The second kappa shape index (κ2) is 2.97. The maximum Gasteiger partial charge on any atom is 0.0451 e. The zero-order valence-electron chi connectivity index (χ0n) is 7.02. The van der Waals surface area contributed by atoms with Gasteiger partial charge in [-0.25, -0.2) is 0 Å². The van der Waals surface area contributed by atoms with Crippen LogP contribution in [0.2, 0.25) is 5.02 Å². The summed E-state index contributed by atoms with van der Waals surface area (Å²) in [6, 6.07) is 1.96. The van der Waals surface area contributed by atoms with Gasteiger partial charge in [0, 0.05) is 9.92 Å². The molecule has 1 aliphatic carbocycles. The molecule has 0 amide bonds. The SMILES string of the molecule is Cc1c(S)cc(Cl)c2c1CCC2. The molecule has 0 radical (unpaired) electrons. The quantitative estimate of drug-likeness (QED) is 0.607. The van der Waals surface area contributed by atoms with Gasteiger partial charge in [0.25, 0.3) is 0 Å². The van der Waals surface area contributed by atoms with E-state index in [-0.39, 0.29) is 0 Å². The van der Waals surface area contributed by atoms with Crippen LogP contribution in [0.15, 0.2) is 11.0 Å². The van der Waals surface area contributed by atoms with Crippen LogP contribution in [0.5, 0.6) is 0 Å². The number of rotatable bonds is 0. The van der Waals surface area contributed by atoms with E-state index in [9.17, 15) is 0 Å². The van der Waals surface area contributed by atoms with Gasteiger partial charge in [0.05, 0.1) is 0 Å². The molecule has 0 bridgehead atoms. The van der Waals surface area contributed by atoms with E-state index in [1.807, 2.05) is 6.07 Å². The van der Waals surface area contributed by atoms with Gasteiger partial charge in [0.2, 0.25) is 0 Å². The van der Waals surface area contributed by atoms with E-state index < -0.39 is 0 Å². The molecule has 0 unspecified atom stereocenters. The van der Waals surface area contributed by atoms with Crippen LogP contribution in [0.25, 0.3) is 0 Å². The van der Waals surface area contributed by atoms with Crippen molar-refractivity contribution in [3.8, 4) is 0 Å². The molecule has 12 heavy (non-hydrogen) atoms. The zero-order valence-corrected chi connectivity index (χ0v) is 8.67. The number of fused-ring (bicyclic) bond motifs is 1. The van der Waals surface area contributed by atoms with Crippen LogP contribution in [0, 0.1) is 6.92 Å². The maximum absolute atomic E-state index is 6.10. The molecule has 0 N–H and O–H groups in total. The fourth-order valence-electron chi connectivity index (χ4n) is 1.89. The first-order valence-electron chi connectivity index (χ1n) is 4.20. The molecule has 2 heteroatoms. The third-order valence-corrected chi connectivity index (χ3v) is 3.41. The van der Waals surface area contributed by atoms with E-state index in [0.29, 0.717) is 0 Å². The number of hydrogen-bond donors (Lipinski definition) is 1. The number of halogens is 1. The molecule has 0 atom stereocenters. The Morgan fingerprint density at radius 1 is 1.33 bits per heavy atom. The summed E-state index contributed by atoms with van der Waals surface area (Å²) in [6.45, 7) is 2.13. The lowest BCUT2D eigenvalue weighted by atomic mass is 10.0. The summed E-state index contributed by atoms with van der Waals surface area (Å²) < 4.78 is 0. The van der Waals surface area contributed by atoms with E-state index in [2.05, 4.69) is 19.6 Å². The molecule has 0 fully saturated rings. The van der Waals surface area contributed by atoms with Gasteiger partial charge in [-0.1, -0.05) is 11.6 Å². The minimum absolute atomic E-state index is 0.901. The Bertz CT molecular complexity index is 331. The van der Waals surface area contributed by atoms with Crippen LogP contribution in [0.1, 0.15) is 23.1 Å². The predicted molar refractivity (Wildman–Crippen MR) is 55.5 cm³/mol. The zero-order chi connectivity index (χ0) is 8.72. The highest BCUT2D eigenvalue weighted by atomic mass is 35.5. The van der Waals surface area contributed by atoms with Crippen molar-refractivity contribution in [1.29, 1.82) is 0 Å². The molecule has 0 saturated carbocycles. The Balaban J connectivity index is 2.69. The molecule has 0 spiro atoms. The minimum atomic E-state index is 0.901. The summed E-state index contributed by atoms with van der Waals surface area (Å²) in [5, 5.41) is 0.901. The van der Waals surface area contributed by atoms with Crippen molar-refractivity contribution < 1.29 is 0 Å². The van der Waals surface area contributed by atoms with Crippen molar-refractivity contribution in [2.45, 2.75) is 31.1 Å². The predicted octanol–water partition coefficient (Wildman–Crippen LogP) is 3.43. The van der Waals surface area contributed by atoms with Crippen molar-refractivity contribution in [2.24, 2.45) is 0 Å². The highest BCUT2D eigenvalue weighted by Crippen LogP contribution is 2.34. The van der Waals surface area contributed by atoms with Crippen molar-refractivity contribution in [1.82, 2.24) is 0 Å². The Morgan fingerprint density at radius 2 is 2.00 bits per heavy atom. The Morgan fingerprint density at radius 3 is 2.75 bits per heavy atom. The monoisotopic (exact) mass is 198 g/mol. The van der Waals surface area contributed by atoms with Gasteiger partial charge in [-0.05, 0) is 48.9 Å². The maximum atomic E-state index is 6.10. The Kier molecular flexibility index (Phi) is 2.09. The molecular weight excluding hydrogens is 188 g/mol. The molecule has 0 heterocycles. The fourth-order valence-corrected chi connectivity index (χ4v) is 2.55. The van der Waals surface area contributed by atoms with Crippen molar-refractivity contribution in [3.05, 3.63) is 27.8 Å². The van der Waals surface area contributed by atoms with E-state index >= 15 is 0 Å². The Hall–Kier alpha value is -0.140. The van der Waals surface area contributed by atoms with Gasteiger partial charge < -0.3 is 0 Å². The van der Waals surface area contributed by atoms with E-state index in [1.165, 1.54) is 29.5 Å². The molecular formula is C10H11ClS. The third kappa shape index (κ3) is 1.16. The van der Waals surface area contributed by atoms with Crippen LogP contribution < -0.4 is 0 Å². The van der Waals surface area contributed by atoms with Crippen LogP contribution in [-0.4, -0.2) is 0 Å². The smallest absolute Gasteiger partial charge is 0.0451 e. The van der Waals surface area contributed by atoms with Gasteiger partial charge >= 0.3 is 0 Å². The van der Waals surface area contributed by atoms with Crippen LogP contribution >= 0.6 is 24.2 Å². The molecule has 64 valence electrons. The highest BCUT2D eigenvalue weighted by molar-refractivity contribution is 7.80. The fraction of sp³-hybridized carbons (Fsp3) is 0.400. The summed E-state index contributed by atoms with van der Waals surface area (Å²) in [5.41, 5.74) is 4.11. The lowest BCUT2D eigenvalue weighted by molar-refractivity contribution is 0.908. The number of hydrogen-bond acceptors (Lipinski definition) is 1. The number of thiol groups is 1. The molecule has 0 saturated heterocycles. The highest BCUT2D eigenvalue weighted by Gasteiger charge is 2.17. The third-order valence-electron chi connectivity index (χ3n) is 2.61. The summed E-state index contributed by atoms with van der Waals surface area (Å²) >= 11 is 10.5. The summed E-state index contributed by atoms with van der Waals surface area (Å²) in [4.78, 5) is 1.03. The van der Waals surface area contributed by atoms with E-state index in [0.717, 1.165) is 16.3 Å². The first-order chi connectivity index (χ1) is 5.70. The average molecular weight is 199 g/mol. The molecule has 2 rings (SSSR count). The Labute approximate surface area is 83.3 Å². The lowest BCUT2D eigenvalue weighted by Crippen LogP contribution is -1.90. The minimum Gasteiger partial charge on any atom is -0.143 e. The normalized spacial score (nSPS) is 14.9. The standard InChI is InChI=1S/C10H11ClS/c1-6-7-3-2-4-8(7)9(11)5-10(6)12/h5,12H,2-4H2,1H3. The van der Waals surface area contributed by atoms with Gasteiger partial charge in [-0.2, -0.15) is 0 Å². The van der Waals surface area contributed by atoms with Crippen LogP contribution in [-0.2, 0) is 12.8 Å². The molecule has 1 aromatic rings. The first kappa shape index (κ1) is 8.46. The summed E-state index contributed by atoms with van der Waals surface area (Å²) in [7, 11) is 0. The van der Waals surface area contributed by atoms with Gasteiger partial charge in [0.15, 0.2) is 0 Å². The molecule has 0 nitrogen and oxygen atoms in total. The average Bonchev–Trinajstić information content (AvgIpc) is 2.48.